The molecule has 0 bridgehead atoms. The molecule has 2 heterocycles. The van der Waals surface area contributed by atoms with Crippen molar-refractivity contribution in [3.8, 4) is 11.5 Å². The molecule has 9 heteroatoms. The number of nitrogens with zero attached hydrogens (tertiary/aromatic N) is 1. The lowest BCUT2D eigenvalue weighted by atomic mass is 10.1. The lowest BCUT2D eigenvalue weighted by molar-refractivity contribution is -0.131. The third-order valence-corrected chi connectivity index (χ3v) is 4.33. The highest BCUT2D eigenvalue weighted by Gasteiger charge is 2.39. The Morgan fingerprint density at radius 3 is 2.68 bits per heavy atom. The van der Waals surface area contributed by atoms with Crippen molar-refractivity contribution in [3.05, 3.63) is 47.9 Å². The molecule has 4 amide bonds. The molecule has 0 aliphatic carbocycles. The zero-order valence-corrected chi connectivity index (χ0v) is 15.6. The average molecular weight is 387 g/mol. The number of benzene rings is 1. The number of methoxy groups -OCH3 is 2. The Hall–Kier alpha value is -3.49. The van der Waals surface area contributed by atoms with E-state index in [9.17, 15) is 14.4 Å². The summed E-state index contributed by atoms with van der Waals surface area (Å²) in [7, 11) is 3.03. The molecule has 0 unspecified atom stereocenters. The van der Waals surface area contributed by atoms with Crippen molar-refractivity contribution in [1.82, 2.24) is 15.5 Å². The van der Waals surface area contributed by atoms with E-state index in [0.717, 1.165) is 4.90 Å². The molecule has 1 aliphatic rings. The van der Waals surface area contributed by atoms with Crippen molar-refractivity contribution in [2.75, 3.05) is 14.2 Å². The number of urea groups is 1. The summed E-state index contributed by atoms with van der Waals surface area (Å²) in [5, 5.41) is 5.20. The fraction of sp³-hybridized carbons (Fsp3) is 0.316. The summed E-state index contributed by atoms with van der Waals surface area (Å²) < 4.78 is 15.5. The maximum absolute atomic E-state index is 12.6. The average Bonchev–Trinajstić information content (AvgIpc) is 3.30. The Morgan fingerprint density at radius 2 is 2.00 bits per heavy atom. The van der Waals surface area contributed by atoms with Gasteiger partial charge in [-0.2, -0.15) is 0 Å². The fourth-order valence-electron chi connectivity index (χ4n) is 2.88. The molecule has 0 radical (unpaired) electrons. The standard InChI is InChI=1S/C19H21N3O6/c1-26-15-6-5-12(8-16(15)27-2)11-22-18(24)14(21-19(22)25)9-17(23)20-10-13-4-3-7-28-13/h3-8,14H,9-11H2,1-2H3,(H,20,23)(H,21,25)/t14-/m1/s1. The summed E-state index contributed by atoms with van der Waals surface area (Å²) in [4.78, 5) is 37.9. The summed E-state index contributed by atoms with van der Waals surface area (Å²) in [6, 6.07) is 7.15. The molecule has 28 heavy (non-hydrogen) atoms. The van der Waals surface area contributed by atoms with E-state index in [1.165, 1.54) is 20.5 Å². The molecule has 1 aliphatic heterocycles. The second-order valence-corrected chi connectivity index (χ2v) is 6.18. The van der Waals surface area contributed by atoms with E-state index in [4.69, 9.17) is 13.9 Å². The van der Waals surface area contributed by atoms with Crippen LogP contribution in [0.25, 0.3) is 0 Å². The molecule has 3 rings (SSSR count). The smallest absolute Gasteiger partial charge is 0.325 e. The largest absolute Gasteiger partial charge is 0.493 e. The first-order valence-corrected chi connectivity index (χ1v) is 8.63. The second-order valence-electron chi connectivity index (χ2n) is 6.18. The number of amides is 4. The molecule has 1 aromatic carbocycles. The molecular formula is C19H21N3O6. The second kappa shape index (κ2) is 8.47. The molecule has 0 spiro atoms. The van der Waals surface area contributed by atoms with Gasteiger partial charge in [0, 0.05) is 0 Å². The van der Waals surface area contributed by atoms with Crippen LogP contribution < -0.4 is 20.1 Å². The van der Waals surface area contributed by atoms with Crippen LogP contribution >= 0.6 is 0 Å². The molecule has 1 fully saturated rings. The Labute approximate surface area is 161 Å². The number of hydrogen-bond acceptors (Lipinski definition) is 6. The van der Waals surface area contributed by atoms with Gasteiger partial charge in [0.2, 0.25) is 5.91 Å². The maximum atomic E-state index is 12.6. The predicted octanol–water partition coefficient (Wildman–Crippen LogP) is 1.42. The van der Waals surface area contributed by atoms with Crippen molar-refractivity contribution in [2.24, 2.45) is 0 Å². The van der Waals surface area contributed by atoms with Crippen molar-refractivity contribution in [2.45, 2.75) is 25.6 Å². The van der Waals surface area contributed by atoms with Gasteiger partial charge in [-0.1, -0.05) is 6.07 Å². The maximum Gasteiger partial charge on any atom is 0.325 e. The highest BCUT2D eigenvalue weighted by molar-refractivity contribution is 6.05. The topological polar surface area (TPSA) is 110 Å². The van der Waals surface area contributed by atoms with E-state index >= 15 is 0 Å². The van der Waals surface area contributed by atoms with Crippen LogP contribution in [0.2, 0.25) is 0 Å². The van der Waals surface area contributed by atoms with Crippen LogP contribution in [0.15, 0.2) is 41.0 Å². The van der Waals surface area contributed by atoms with Gasteiger partial charge in [0.05, 0.1) is 40.0 Å². The Balaban J connectivity index is 1.59. The SMILES string of the molecule is COc1ccc(CN2C(=O)N[C@H](CC(=O)NCc3ccco3)C2=O)cc1OC. The molecule has 9 nitrogen and oxygen atoms in total. The number of furan rings is 1. The number of hydrogen-bond donors (Lipinski definition) is 2. The van der Waals surface area contributed by atoms with Crippen molar-refractivity contribution in [3.63, 3.8) is 0 Å². The van der Waals surface area contributed by atoms with Gasteiger partial charge in [0.25, 0.3) is 5.91 Å². The summed E-state index contributed by atoms with van der Waals surface area (Å²) >= 11 is 0. The van der Waals surface area contributed by atoms with Gasteiger partial charge < -0.3 is 24.5 Å². The molecule has 2 aromatic rings. The van der Waals surface area contributed by atoms with Crippen molar-refractivity contribution in [1.29, 1.82) is 0 Å². The Morgan fingerprint density at radius 1 is 1.21 bits per heavy atom. The van der Waals surface area contributed by atoms with Gasteiger partial charge in [0.15, 0.2) is 11.5 Å². The number of ether oxygens (including phenoxy) is 2. The van der Waals surface area contributed by atoms with E-state index in [-0.39, 0.29) is 25.4 Å². The minimum Gasteiger partial charge on any atom is -0.493 e. The number of rotatable bonds is 8. The van der Waals surface area contributed by atoms with Crippen LogP contribution in [0.3, 0.4) is 0 Å². The van der Waals surface area contributed by atoms with E-state index in [1.807, 2.05) is 0 Å². The van der Waals surface area contributed by atoms with Gasteiger partial charge in [-0.3, -0.25) is 14.5 Å². The van der Waals surface area contributed by atoms with Gasteiger partial charge >= 0.3 is 6.03 Å². The van der Waals surface area contributed by atoms with E-state index < -0.39 is 18.0 Å². The summed E-state index contributed by atoms with van der Waals surface area (Å²) in [6.07, 6.45) is 1.36. The third-order valence-electron chi connectivity index (χ3n) is 4.33. The van der Waals surface area contributed by atoms with Gasteiger partial charge in [-0.05, 0) is 29.8 Å². The summed E-state index contributed by atoms with van der Waals surface area (Å²) in [5.41, 5.74) is 0.698. The number of carbonyl (C=O) groups is 3. The molecular weight excluding hydrogens is 366 g/mol. The van der Waals surface area contributed by atoms with Crippen molar-refractivity contribution >= 4 is 17.8 Å². The third kappa shape index (κ3) is 4.25. The molecule has 1 aromatic heterocycles. The van der Waals surface area contributed by atoms with Crippen LogP contribution in [-0.2, 0) is 22.7 Å². The number of imide groups is 1. The molecule has 148 valence electrons. The van der Waals surface area contributed by atoms with Crippen LogP contribution in [0.5, 0.6) is 11.5 Å². The van der Waals surface area contributed by atoms with Crippen LogP contribution in [0, 0.1) is 0 Å². The minimum atomic E-state index is -0.899. The lowest BCUT2D eigenvalue weighted by Gasteiger charge is -2.15. The summed E-state index contributed by atoms with van der Waals surface area (Å²) in [5.74, 6) is 0.844. The van der Waals surface area contributed by atoms with Gasteiger partial charge in [0.1, 0.15) is 11.8 Å². The quantitative estimate of drug-likeness (QED) is 0.663. The monoisotopic (exact) mass is 387 g/mol. The number of carbonyl (C=O) groups excluding carboxylic acids is 3. The Bertz CT molecular complexity index is 865. The molecule has 1 atom stereocenters. The highest BCUT2D eigenvalue weighted by Crippen LogP contribution is 2.28. The fourth-order valence-corrected chi connectivity index (χ4v) is 2.88. The predicted molar refractivity (Wildman–Crippen MR) is 97.6 cm³/mol. The zero-order chi connectivity index (χ0) is 20.1. The van der Waals surface area contributed by atoms with E-state index in [0.29, 0.717) is 22.8 Å². The van der Waals surface area contributed by atoms with Gasteiger partial charge in [-0.25, -0.2) is 4.79 Å². The number of nitrogens with one attached hydrogen (secondary N) is 2. The zero-order valence-electron chi connectivity index (χ0n) is 15.6. The normalized spacial score (nSPS) is 16.1. The first kappa shape index (κ1) is 19.3. The first-order chi connectivity index (χ1) is 13.5. The molecule has 0 saturated carbocycles. The van der Waals surface area contributed by atoms with Crippen LogP contribution in [0.1, 0.15) is 17.7 Å². The molecule has 2 N–H and O–H groups in total. The van der Waals surface area contributed by atoms with E-state index in [1.54, 1.807) is 30.3 Å². The van der Waals surface area contributed by atoms with Crippen LogP contribution in [0.4, 0.5) is 4.79 Å². The van der Waals surface area contributed by atoms with Crippen molar-refractivity contribution < 1.29 is 28.3 Å². The van der Waals surface area contributed by atoms with Gasteiger partial charge in [-0.15, -0.1) is 0 Å². The van der Waals surface area contributed by atoms with E-state index in [2.05, 4.69) is 10.6 Å². The van der Waals surface area contributed by atoms with Crippen LogP contribution in [-0.4, -0.2) is 43.0 Å². The molecule has 1 saturated heterocycles. The first-order valence-electron chi connectivity index (χ1n) is 8.63. The highest BCUT2D eigenvalue weighted by atomic mass is 16.5. The summed E-state index contributed by atoms with van der Waals surface area (Å²) in [6.45, 7) is 0.283. The minimum absolute atomic E-state index is 0.0650. The lowest BCUT2D eigenvalue weighted by Crippen LogP contribution is -2.36. The Kier molecular flexibility index (Phi) is 5.83.